The van der Waals surface area contributed by atoms with E-state index in [1.54, 1.807) is 18.3 Å². The minimum Gasteiger partial charge on any atom is -0.507 e. The van der Waals surface area contributed by atoms with Gasteiger partial charge in [-0.2, -0.15) is 41.0 Å². The van der Waals surface area contributed by atoms with E-state index in [1.807, 2.05) is 54.6 Å². The molecule has 0 saturated carbocycles. The first-order valence-corrected chi connectivity index (χ1v) is 9.94. The number of rotatable bonds is 8. The number of phenolic OH excluding ortho intramolecular Hbond substituents is 1. The monoisotopic (exact) mass is 451 g/mol. The molecule has 2 N–H and O–H groups in total. The van der Waals surface area contributed by atoms with Crippen molar-refractivity contribution in [3.63, 3.8) is 0 Å². The number of aromatic nitrogens is 2. The summed E-state index contributed by atoms with van der Waals surface area (Å²) in [5.74, 6) is 1.96. The maximum Gasteiger partial charge on any atom is 0.173 e. The van der Waals surface area contributed by atoms with Crippen LogP contribution in [0.4, 0.5) is 0 Å². The molecule has 3 aromatic carbocycles. The average Bonchev–Trinajstić information content (AvgIpc) is 3.23. The van der Waals surface area contributed by atoms with Gasteiger partial charge in [0.25, 0.3) is 0 Å². The molecule has 0 aliphatic heterocycles. The van der Waals surface area contributed by atoms with E-state index >= 15 is 0 Å². The van der Waals surface area contributed by atoms with Gasteiger partial charge in [0.15, 0.2) is 5.75 Å². The summed E-state index contributed by atoms with van der Waals surface area (Å²) in [5.41, 5.74) is 3.63. The number of aromatic amines is 1. The molecule has 1 heterocycles. The van der Waals surface area contributed by atoms with Gasteiger partial charge in [-0.25, -0.2) is 0 Å². The van der Waals surface area contributed by atoms with Gasteiger partial charge in [-0.15, -0.1) is 0 Å². The molecule has 0 radical (unpaired) electrons. The molecule has 0 spiro atoms. The quantitative estimate of drug-likeness (QED) is 0.345. The van der Waals surface area contributed by atoms with Crippen LogP contribution < -0.4 is 9.47 Å². The Balaban J connectivity index is 0.00000272. The number of ether oxygens (including phenoxy) is 2. The Morgan fingerprint density at radius 2 is 1.71 bits per heavy atom. The van der Waals surface area contributed by atoms with Crippen LogP contribution in [0.25, 0.3) is 11.3 Å². The van der Waals surface area contributed by atoms with E-state index in [4.69, 9.17) is 9.47 Å². The zero-order valence-corrected chi connectivity index (χ0v) is 18.4. The van der Waals surface area contributed by atoms with Gasteiger partial charge in [0.05, 0.1) is 12.8 Å². The molecule has 158 valence electrons. The van der Waals surface area contributed by atoms with E-state index in [0.717, 1.165) is 12.8 Å². The first-order chi connectivity index (χ1) is 14.7. The van der Waals surface area contributed by atoms with Gasteiger partial charge in [-0.3, -0.25) is 5.10 Å². The van der Waals surface area contributed by atoms with Crippen LogP contribution in [0.1, 0.15) is 18.1 Å². The number of H-pyrrole nitrogens is 1. The molecule has 31 heavy (non-hydrogen) atoms. The van der Waals surface area contributed by atoms with Crippen LogP contribution in [0, 0.1) is 6.07 Å². The Morgan fingerprint density at radius 3 is 2.42 bits per heavy atom. The zero-order valence-electron chi connectivity index (χ0n) is 17.2. The SMILES string of the molecule is CCc1ccc(Oc2cn[nH]c2-c2ccc(OCCc3cc[c-]cc3)cc2O)cc1.[Cr]. The fourth-order valence-corrected chi connectivity index (χ4v) is 3.15. The summed E-state index contributed by atoms with van der Waals surface area (Å²) in [5, 5.41) is 17.5. The first-order valence-electron chi connectivity index (χ1n) is 9.94. The van der Waals surface area contributed by atoms with Crippen molar-refractivity contribution in [1.82, 2.24) is 10.2 Å². The molecule has 1 aromatic heterocycles. The number of phenols is 1. The summed E-state index contributed by atoms with van der Waals surface area (Å²) in [6, 6.07) is 24.0. The summed E-state index contributed by atoms with van der Waals surface area (Å²) in [4.78, 5) is 0. The van der Waals surface area contributed by atoms with Crippen molar-refractivity contribution < 1.29 is 31.9 Å². The number of benzene rings is 3. The molecule has 0 saturated heterocycles. The van der Waals surface area contributed by atoms with Crippen molar-refractivity contribution in [1.29, 1.82) is 0 Å². The van der Waals surface area contributed by atoms with E-state index in [2.05, 4.69) is 23.2 Å². The molecule has 0 atom stereocenters. The second-order valence-corrected chi connectivity index (χ2v) is 6.89. The van der Waals surface area contributed by atoms with Gasteiger partial charge in [-0.1, -0.05) is 19.1 Å². The third-order valence-electron chi connectivity index (χ3n) is 4.85. The second kappa shape index (κ2) is 10.7. The van der Waals surface area contributed by atoms with Crippen LogP contribution in [0.15, 0.2) is 72.9 Å². The summed E-state index contributed by atoms with van der Waals surface area (Å²) >= 11 is 0. The van der Waals surface area contributed by atoms with Crippen molar-refractivity contribution in [2.24, 2.45) is 0 Å². The van der Waals surface area contributed by atoms with Crippen molar-refractivity contribution in [2.75, 3.05) is 6.61 Å². The number of nitrogens with zero attached hydrogens (tertiary/aromatic N) is 1. The topological polar surface area (TPSA) is 67.4 Å². The molecule has 0 aliphatic carbocycles. The number of hydrogen-bond acceptors (Lipinski definition) is 4. The fraction of sp³-hybridized carbons (Fsp3) is 0.160. The maximum atomic E-state index is 10.6. The number of nitrogens with one attached hydrogen (secondary N) is 1. The van der Waals surface area contributed by atoms with Crippen molar-refractivity contribution in [3.05, 3.63) is 90.1 Å². The molecule has 0 amide bonds. The normalized spacial score (nSPS) is 10.4. The number of hydrogen-bond donors (Lipinski definition) is 2. The van der Waals surface area contributed by atoms with Crippen LogP contribution in [-0.2, 0) is 30.2 Å². The molecule has 0 bridgehead atoms. The van der Waals surface area contributed by atoms with Crippen LogP contribution in [-0.4, -0.2) is 21.9 Å². The summed E-state index contributed by atoms with van der Waals surface area (Å²) in [6.07, 6.45) is 3.36. The molecular formula is C25H23CrN2O3-. The van der Waals surface area contributed by atoms with E-state index in [0.29, 0.717) is 35.1 Å². The molecule has 0 unspecified atom stereocenters. The number of aryl methyl sites for hydroxylation is 1. The maximum absolute atomic E-state index is 10.6. The molecule has 4 aromatic rings. The summed E-state index contributed by atoms with van der Waals surface area (Å²) in [7, 11) is 0. The Kier molecular flexibility index (Phi) is 7.77. The van der Waals surface area contributed by atoms with Gasteiger partial charge in [0.2, 0.25) is 0 Å². The summed E-state index contributed by atoms with van der Waals surface area (Å²) < 4.78 is 11.7. The van der Waals surface area contributed by atoms with Gasteiger partial charge in [0.1, 0.15) is 22.9 Å². The molecule has 5 nitrogen and oxygen atoms in total. The van der Waals surface area contributed by atoms with E-state index in [1.165, 1.54) is 11.1 Å². The predicted octanol–water partition coefficient (Wildman–Crippen LogP) is 5.56. The Morgan fingerprint density at radius 1 is 0.968 bits per heavy atom. The predicted molar refractivity (Wildman–Crippen MR) is 116 cm³/mol. The van der Waals surface area contributed by atoms with Crippen LogP contribution in [0.5, 0.6) is 23.0 Å². The second-order valence-electron chi connectivity index (χ2n) is 6.89. The molecule has 4 rings (SSSR count). The molecular weight excluding hydrogens is 428 g/mol. The van der Waals surface area contributed by atoms with Crippen LogP contribution in [0.3, 0.4) is 0 Å². The van der Waals surface area contributed by atoms with Gasteiger partial charge >= 0.3 is 0 Å². The van der Waals surface area contributed by atoms with Crippen molar-refractivity contribution in [2.45, 2.75) is 19.8 Å². The Bertz CT molecular complexity index is 1100. The van der Waals surface area contributed by atoms with Gasteiger partial charge in [0, 0.05) is 29.0 Å². The molecule has 0 aliphatic rings. The van der Waals surface area contributed by atoms with E-state index in [9.17, 15) is 5.11 Å². The molecule has 6 heteroatoms. The van der Waals surface area contributed by atoms with Crippen LogP contribution in [0.2, 0.25) is 0 Å². The van der Waals surface area contributed by atoms with Gasteiger partial charge in [-0.05, 0) is 42.7 Å². The third-order valence-corrected chi connectivity index (χ3v) is 4.85. The minimum absolute atomic E-state index is 0. The smallest absolute Gasteiger partial charge is 0.173 e. The third kappa shape index (κ3) is 5.70. The van der Waals surface area contributed by atoms with Crippen LogP contribution >= 0.6 is 0 Å². The standard InChI is InChI=1S/C25H23N2O3.Cr/c1-2-18-8-10-20(11-9-18)30-24-17-26-27-25(24)22-13-12-21(16-23(22)28)29-15-14-19-6-4-3-5-7-19;/h4-13,16-17,28H,2,14-15H2,1H3,(H,26,27);/q-1;. The Labute approximate surface area is 192 Å². The molecule has 0 fully saturated rings. The fourth-order valence-electron chi connectivity index (χ4n) is 3.15. The summed E-state index contributed by atoms with van der Waals surface area (Å²) in [6.45, 7) is 2.63. The zero-order chi connectivity index (χ0) is 20.8. The van der Waals surface area contributed by atoms with Crippen molar-refractivity contribution >= 4 is 0 Å². The minimum atomic E-state index is 0. The van der Waals surface area contributed by atoms with Crippen molar-refractivity contribution in [3.8, 4) is 34.3 Å². The van der Waals surface area contributed by atoms with Gasteiger partial charge < -0.3 is 14.6 Å². The van der Waals surface area contributed by atoms with E-state index < -0.39 is 0 Å². The largest absolute Gasteiger partial charge is 0.507 e. The number of aromatic hydroxyl groups is 1. The Hall–Kier alpha value is -3.20. The van der Waals surface area contributed by atoms with E-state index in [-0.39, 0.29) is 23.1 Å². The average molecular weight is 451 g/mol. The first kappa shape index (κ1) is 22.5.